The summed E-state index contributed by atoms with van der Waals surface area (Å²) in [6.45, 7) is 5.66. The van der Waals surface area contributed by atoms with Gasteiger partial charge in [0.15, 0.2) is 0 Å². The molecule has 186 valence electrons. The number of hydrogen-bond donors (Lipinski definition) is 3. The SMILES string of the molecule is CC(C)c1ccc([C@@H]2[C@H](C(=O)Nc3ccccc3)C(=O)C[C@@](C)(O)[C@H]2C(=O)Nc2ccccc2)cc1. The van der Waals surface area contributed by atoms with E-state index < -0.39 is 41.0 Å². The van der Waals surface area contributed by atoms with Gasteiger partial charge in [0, 0.05) is 23.7 Å². The Balaban J connectivity index is 1.77. The largest absolute Gasteiger partial charge is 0.389 e. The van der Waals surface area contributed by atoms with Crippen LogP contribution < -0.4 is 10.6 Å². The van der Waals surface area contributed by atoms with Crippen molar-refractivity contribution in [2.75, 3.05) is 10.6 Å². The summed E-state index contributed by atoms with van der Waals surface area (Å²) in [6.07, 6.45) is -0.298. The van der Waals surface area contributed by atoms with Crippen molar-refractivity contribution in [2.45, 2.75) is 44.6 Å². The fraction of sp³-hybridized carbons (Fsp3) is 0.300. The Morgan fingerprint density at radius 1 is 0.833 bits per heavy atom. The minimum Gasteiger partial charge on any atom is -0.389 e. The fourth-order valence-corrected chi connectivity index (χ4v) is 5.08. The zero-order valence-electron chi connectivity index (χ0n) is 20.8. The number of anilines is 2. The Labute approximate surface area is 211 Å². The summed E-state index contributed by atoms with van der Waals surface area (Å²) >= 11 is 0. The molecule has 6 heteroatoms. The number of rotatable bonds is 6. The van der Waals surface area contributed by atoms with E-state index in [1.807, 2.05) is 36.4 Å². The molecule has 6 nitrogen and oxygen atoms in total. The van der Waals surface area contributed by atoms with E-state index in [1.54, 1.807) is 48.5 Å². The molecule has 1 fully saturated rings. The Kier molecular flexibility index (Phi) is 7.36. The van der Waals surface area contributed by atoms with Crippen LogP contribution in [0.2, 0.25) is 0 Å². The number of ketones is 1. The lowest BCUT2D eigenvalue weighted by atomic mass is 9.61. The predicted molar refractivity (Wildman–Crippen MR) is 141 cm³/mol. The van der Waals surface area contributed by atoms with Crippen molar-refractivity contribution in [1.82, 2.24) is 0 Å². The van der Waals surface area contributed by atoms with Gasteiger partial charge < -0.3 is 15.7 Å². The molecule has 0 spiro atoms. The van der Waals surface area contributed by atoms with Crippen LogP contribution in [0.1, 0.15) is 50.2 Å². The summed E-state index contributed by atoms with van der Waals surface area (Å²) in [5.74, 6) is -4.05. The van der Waals surface area contributed by atoms with Crippen LogP contribution in [0.5, 0.6) is 0 Å². The zero-order chi connectivity index (χ0) is 25.9. The highest BCUT2D eigenvalue weighted by Gasteiger charge is 2.55. The summed E-state index contributed by atoms with van der Waals surface area (Å²) in [4.78, 5) is 40.6. The number of Topliss-reactive ketones (excluding diaryl/α,β-unsaturated/α-hetero) is 1. The third kappa shape index (κ3) is 5.39. The standard InChI is InChI=1S/C30H32N2O4/c1-19(2)20-14-16-21(17-15-20)25-26(28(34)31-22-10-6-4-7-11-22)24(33)18-30(3,36)27(25)29(35)32-23-12-8-5-9-13-23/h4-17,19,25-27,36H,18H2,1-3H3,(H,31,34)(H,32,35)/t25-,26-,27-,30-/m1/s1. The second-order valence-corrected chi connectivity index (χ2v) is 10.0. The van der Waals surface area contributed by atoms with Crippen molar-refractivity contribution in [3.8, 4) is 0 Å². The van der Waals surface area contributed by atoms with Crippen molar-refractivity contribution in [2.24, 2.45) is 11.8 Å². The molecular weight excluding hydrogens is 452 g/mol. The van der Waals surface area contributed by atoms with E-state index in [9.17, 15) is 19.5 Å². The number of aliphatic hydroxyl groups is 1. The van der Waals surface area contributed by atoms with E-state index >= 15 is 0 Å². The van der Waals surface area contributed by atoms with E-state index in [0.717, 1.165) is 5.56 Å². The number of carbonyl (C=O) groups excluding carboxylic acids is 3. The summed E-state index contributed by atoms with van der Waals surface area (Å²) in [5, 5.41) is 17.1. The van der Waals surface area contributed by atoms with Gasteiger partial charge in [-0.05, 0) is 48.2 Å². The van der Waals surface area contributed by atoms with Gasteiger partial charge in [-0.3, -0.25) is 14.4 Å². The molecule has 3 aromatic rings. The van der Waals surface area contributed by atoms with E-state index in [4.69, 9.17) is 0 Å². The van der Waals surface area contributed by atoms with E-state index in [2.05, 4.69) is 24.5 Å². The van der Waals surface area contributed by atoms with Gasteiger partial charge in [-0.15, -0.1) is 0 Å². The molecule has 4 rings (SSSR count). The molecule has 0 saturated heterocycles. The highest BCUT2D eigenvalue weighted by Crippen LogP contribution is 2.46. The fourth-order valence-electron chi connectivity index (χ4n) is 5.08. The minimum atomic E-state index is -1.64. The molecule has 0 heterocycles. The minimum absolute atomic E-state index is 0.296. The average Bonchev–Trinajstić information content (AvgIpc) is 2.84. The van der Waals surface area contributed by atoms with Gasteiger partial charge in [-0.1, -0.05) is 74.5 Å². The number of amides is 2. The van der Waals surface area contributed by atoms with Gasteiger partial charge in [-0.25, -0.2) is 0 Å². The summed E-state index contributed by atoms with van der Waals surface area (Å²) in [6, 6.07) is 25.5. The van der Waals surface area contributed by atoms with Crippen molar-refractivity contribution in [3.63, 3.8) is 0 Å². The lowest BCUT2D eigenvalue weighted by molar-refractivity contribution is -0.150. The Morgan fingerprint density at radius 3 is 1.83 bits per heavy atom. The number of para-hydroxylation sites is 2. The molecule has 0 aliphatic heterocycles. The van der Waals surface area contributed by atoms with Crippen LogP contribution in [0.4, 0.5) is 11.4 Å². The first-order valence-corrected chi connectivity index (χ1v) is 12.2. The van der Waals surface area contributed by atoms with Crippen LogP contribution >= 0.6 is 0 Å². The zero-order valence-corrected chi connectivity index (χ0v) is 20.8. The highest BCUT2D eigenvalue weighted by molar-refractivity contribution is 6.10. The first kappa shape index (κ1) is 25.3. The molecule has 36 heavy (non-hydrogen) atoms. The number of carbonyl (C=O) groups is 3. The monoisotopic (exact) mass is 484 g/mol. The quantitative estimate of drug-likeness (QED) is 0.423. The number of benzene rings is 3. The molecule has 3 N–H and O–H groups in total. The second-order valence-electron chi connectivity index (χ2n) is 10.0. The van der Waals surface area contributed by atoms with Crippen LogP contribution in [-0.2, 0) is 14.4 Å². The molecule has 4 atom stereocenters. The van der Waals surface area contributed by atoms with Gasteiger partial charge >= 0.3 is 0 Å². The van der Waals surface area contributed by atoms with Crippen molar-refractivity contribution in [3.05, 3.63) is 96.1 Å². The molecule has 1 saturated carbocycles. The average molecular weight is 485 g/mol. The van der Waals surface area contributed by atoms with Gasteiger partial charge in [0.2, 0.25) is 11.8 Å². The summed E-state index contributed by atoms with van der Waals surface area (Å²) in [5.41, 5.74) is 1.26. The van der Waals surface area contributed by atoms with Crippen molar-refractivity contribution >= 4 is 29.0 Å². The molecule has 0 unspecified atom stereocenters. The first-order chi connectivity index (χ1) is 17.2. The Morgan fingerprint density at radius 2 is 1.33 bits per heavy atom. The first-order valence-electron chi connectivity index (χ1n) is 12.2. The van der Waals surface area contributed by atoms with Crippen LogP contribution in [0.25, 0.3) is 0 Å². The van der Waals surface area contributed by atoms with Crippen LogP contribution in [0.15, 0.2) is 84.9 Å². The number of hydrogen-bond acceptors (Lipinski definition) is 4. The van der Waals surface area contributed by atoms with Gasteiger partial charge in [0.25, 0.3) is 0 Å². The maximum atomic E-state index is 13.7. The summed E-state index contributed by atoms with van der Waals surface area (Å²) in [7, 11) is 0. The lowest BCUT2D eigenvalue weighted by Gasteiger charge is -2.44. The van der Waals surface area contributed by atoms with Crippen LogP contribution in [0, 0.1) is 11.8 Å². The van der Waals surface area contributed by atoms with Gasteiger partial charge in [-0.2, -0.15) is 0 Å². The number of nitrogens with one attached hydrogen (secondary N) is 2. The second kappa shape index (κ2) is 10.5. The van der Waals surface area contributed by atoms with Crippen LogP contribution in [0.3, 0.4) is 0 Å². The molecule has 1 aliphatic rings. The molecule has 0 radical (unpaired) electrons. The predicted octanol–water partition coefficient (Wildman–Crippen LogP) is 5.13. The Hall–Kier alpha value is -3.77. The smallest absolute Gasteiger partial charge is 0.235 e. The maximum Gasteiger partial charge on any atom is 0.235 e. The molecule has 3 aromatic carbocycles. The molecule has 1 aliphatic carbocycles. The maximum absolute atomic E-state index is 13.7. The molecule has 0 aromatic heterocycles. The van der Waals surface area contributed by atoms with Crippen molar-refractivity contribution in [1.29, 1.82) is 0 Å². The topological polar surface area (TPSA) is 95.5 Å². The Bertz CT molecular complexity index is 1220. The van der Waals surface area contributed by atoms with Crippen LogP contribution in [-0.4, -0.2) is 28.3 Å². The highest BCUT2D eigenvalue weighted by atomic mass is 16.3. The van der Waals surface area contributed by atoms with E-state index in [-0.39, 0.29) is 6.42 Å². The lowest BCUT2D eigenvalue weighted by Crippen LogP contribution is -2.56. The third-order valence-electron chi connectivity index (χ3n) is 6.90. The molecule has 0 bridgehead atoms. The van der Waals surface area contributed by atoms with E-state index in [1.165, 1.54) is 6.92 Å². The van der Waals surface area contributed by atoms with E-state index in [0.29, 0.717) is 22.9 Å². The summed E-state index contributed by atoms with van der Waals surface area (Å²) < 4.78 is 0. The molecule has 2 amide bonds. The normalized spacial score (nSPS) is 23.8. The molecular formula is C30H32N2O4. The van der Waals surface area contributed by atoms with Crippen molar-refractivity contribution < 1.29 is 19.5 Å². The van der Waals surface area contributed by atoms with Gasteiger partial charge in [0.05, 0.1) is 11.5 Å². The van der Waals surface area contributed by atoms with Gasteiger partial charge in [0.1, 0.15) is 11.7 Å². The third-order valence-corrected chi connectivity index (χ3v) is 6.90.